The third-order valence-corrected chi connectivity index (χ3v) is 2.84. The van der Waals surface area contributed by atoms with Crippen molar-refractivity contribution in [1.29, 1.82) is 0 Å². The molecular weight excluding hydrogens is 273 g/mol. The molecule has 0 aromatic heterocycles. The highest BCUT2D eigenvalue weighted by Gasteiger charge is 2.69. The fraction of sp³-hybridized carbons (Fsp3) is 1.00. The van der Waals surface area contributed by atoms with Gasteiger partial charge in [0, 0.05) is 0 Å². The molecule has 4 N–H and O–H groups in total. The molecule has 0 saturated carbocycles. The fourth-order valence-corrected chi connectivity index (χ4v) is 1.39. The van der Waals surface area contributed by atoms with E-state index in [4.69, 9.17) is 4.55 Å². The van der Waals surface area contributed by atoms with Gasteiger partial charge in [0.15, 0.2) is 6.17 Å². The van der Waals surface area contributed by atoms with Crippen molar-refractivity contribution in [2.75, 3.05) is 0 Å². The van der Waals surface area contributed by atoms with Crippen molar-refractivity contribution in [2.45, 2.75) is 43.5 Å². The Hall–Kier alpha value is -0.480. The maximum atomic E-state index is 12.8. The van der Waals surface area contributed by atoms with Gasteiger partial charge >= 0.3 is 21.3 Å². The van der Waals surface area contributed by atoms with E-state index in [2.05, 4.69) is 0 Å². The molecule has 0 rings (SSSR count). The molecule has 0 amide bonds. The summed E-state index contributed by atoms with van der Waals surface area (Å²) in [4.78, 5) is 0. The van der Waals surface area contributed by atoms with Crippen molar-refractivity contribution in [1.82, 2.24) is 6.15 Å². The second-order valence-electron chi connectivity index (χ2n) is 3.22. The smallest absolute Gasteiger partial charge is 0.344 e. The number of rotatable bonds is 6. The van der Waals surface area contributed by atoms with Crippen LogP contribution in [0, 0.1) is 0 Å². The van der Waals surface area contributed by atoms with Crippen LogP contribution in [0.25, 0.3) is 0 Å². The molecule has 0 fully saturated rings. The van der Waals surface area contributed by atoms with Gasteiger partial charge in [-0.2, -0.15) is 26.0 Å². The van der Waals surface area contributed by atoms with Crippen LogP contribution in [0.4, 0.5) is 22.0 Å². The molecule has 17 heavy (non-hydrogen) atoms. The summed E-state index contributed by atoms with van der Waals surface area (Å²) in [5.41, 5.74) is 0. The molecule has 0 bridgehead atoms. The highest BCUT2D eigenvalue weighted by atomic mass is 32.2. The maximum Gasteiger partial charge on any atom is 0.434 e. The molecule has 0 spiro atoms. The molecule has 0 aromatic rings. The van der Waals surface area contributed by atoms with E-state index in [0.29, 0.717) is 0 Å². The van der Waals surface area contributed by atoms with Gasteiger partial charge in [-0.05, 0) is 6.42 Å². The maximum absolute atomic E-state index is 12.8. The van der Waals surface area contributed by atoms with Crippen molar-refractivity contribution in [3.63, 3.8) is 0 Å². The average Bonchev–Trinajstić information content (AvgIpc) is 2.11. The minimum absolute atomic E-state index is 0. The number of hydrogen-bond donors (Lipinski definition) is 2. The van der Waals surface area contributed by atoms with Gasteiger partial charge in [-0.15, -0.1) is 0 Å². The Kier molecular flexibility index (Phi) is 6.57. The van der Waals surface area contributed by atoms with Crippen molar-refractivity contribution < 1.29 is 34.9 Å². The average molecular weight is 287 g/mol. The van der Waals surface area contributed by atoms with Gasteiger partial charge < -0.3 is 6.15 Å². The van der Waals surface area contributed by atoms with Crippen LogP contribution in [0.3, 0.4) is 0 Å². The lowest BCUT2D eigenvalue weighted by molar-refractivity contribution is -0.198. The molecule has 0 heterocycles. The monoisotopic (exact) mass is 287 g/mol. The first-order valence-electron chi connectivity index (χ1n) is 4.35. The van der Waals surface area contributed by atoms with Gasteiger partial charge in [-0.1, -0.05) is 19.8 Å². The lowest BCUT2D eigenvalue weighted by atomic mass is 10.1. The predicted octanol–water partition coefficient (Wildman–Crippen LogP) is 2.79. The van der Waals surface area contributed by atoms with Crippen LogP contribution in [-0.2, 0) is 10.1 Å². The Labute approximate surface area is 95.5 Å². The van der Waals surface area contributed by atoms with Crippen molar-refractivity contribution in [3.8, 4) is 0 Å². The van der Waals surface area contributed by atoms with Gasteiger partial charge in [0.25, 0.3) is 0 Å². The van der Waals surface area contributed by atoms with Crippen molar-refractivity contribution >= 4 is 10.1 Å². The zero-order valence-electron chi connectivity index (χ0n) is 8.97. The van der Waals surface area contributed by atoms with Crippen LogP contribution in [0.5, 0.6) is 0 Å². The quantitative estimate of drug-likeness (QED) is 0.580. The van der Waals surface area contributed by atoms with Crippen molar-refractivity contribution in [3.05, 3.63) is 0 Å². The summed E-state index contributed by atoms with van der Waals surface area (Å²) in [6.45, 7) is 1.52. The molecule has 106 valence electrons. The lowest BCUT2D eigenvalue weighted by Crippen LogP contribution is -2.52. The third kappa shape index (κ3) is 3.75. The molecule has 1 unspecified atom stereocenters. The first-order valence-corrected chi connectivity index (χ1v) is 5.79. The Morgan fingerprint density at radius 2 is 1.65 bits per heavy atom. The summed E-state index contributed by atoms with van der Waals surface area (Å²) in [6, 6.07) is 0. The number of hydrogen-bond acceptors (Lipinski definition) is 3. The molecule has 0 saturated heterocycles. The lowest BCUT2D eigenvalue weighted by Gasteiger charge is -2.26. The van der Waals surface area contributed by atoms with E-state index < -0.39 is 33.9 Å². The Bertz CT molecular complexity index is 332. The van der Waals surface area contributed by atoms with E-state index in [1.807, 2.05) is 0 Å². The van der Waals surface area contributed by atoms with Crippen LogP contribution >= 0.6 is 0 Å². The molecule has 10 heteroatoms. The molecule has 0 aliphatic carbocycles. The Morgan fingerprint density at radius 1 is 1.24 bits per heavy atom. The van der Waals surface area contributed by atoms with Crippen LogP contribution in [-0.4, -0.2) is 30.3 Å². The minimum Gasteiger partial charge on any atom is -0.344 e. The zero-order valence-corrected chi connectivity index (χ0v) is 9.78. The third-order valence-electron chi connectivity index (χ3n) is 1.92. The normalized spacial score (nSPS) is 15.2. The van der Waals surface area contributed by atoms with Crippen LogP contribution < -0.4 is 6.15 Å². The van der Waals surface area contributed by atoms with Gasteiger partial charge in [-0.25, -0.2) is 4.39 Å². The van der Waals surface area contributed by atoms with Gasteiger partial charge in [0.2, 0.25) is 0 Å². The largest absolute Gasteiger partial charge is 0.434 e. The predicted molar refractivity (Wildman–Crippen MR) is 50.9 cm³/mol. The summed E-state index contributed by atoms with van der Waals surface area (Å²) >= 11 is 0. The fourth-order valence-electron chi connectivity index (χ4n) is 0.919. The Morgan fingerprint density at radius 3 is 1.94 bits per heavy atom. The topological polar surface area (TPSA) is 89.4 Å². The molecule has 0 radical (unpaired) electrons. The summed E-state index contributed by atoms with van der Waals surface area (Å²) in [5, 5.41) is -5.83. The van der Waals surface area contributed by atoms with Gasteiger partial charge in [-0.3, -0.25) is 4.55 Å². The summed E-state index contributed by atoms with van der Waals surface area (Å²) < 4.78 is 91.4. The van der Waals surface area contributed by atoms with E-state index in [1.54, 1.807) is 0 Å². The zero-order chi connectivity index (χ0) is 13.2. The van der Waals surface area contributed by atoms with Gasteiger partial charge in [0.05, 0.1) is 0 Å². The Balaban J connectivity index is 0. The van der Waals surface area contributed by atoms with Gasteiger partial charge in [0.1, 0.15) is 0 Å². The van der Waals surface area contributed by atoms with E-state index in [-0.39, 0.29) is 19.0 Å². The molecule has 0 aliphatic heterocycles. The van der Waals surface area contributed by atoms with Crippen LogP contribution in [0.1, 0.15) is 26.2 Å². The second-order valence-corrected chi connectivity index (χ2v) is 4.69. The van der Waals surface area contributed by atoms with Crippen molar-refractivity contribution in [2.24, 2.45) is 0 Å². The molecule has 0 aromatic carbocycles. The van der Waals surface area contributed by atoms with E-state index in [1.165, 1.54) is 6.92 Å². The summed E-state index contributed by atoms with van der Waals surface area (Å²) in [6.07, 6.45) is -4.05. The van der Waals surface area contributed by atoms with E-state index in [0.717, 1.165) is 0 Å². The standard InChI is InChI=1S/C7H11F5O3S.H3N/c1-2-3-4-5(8)6(9,10)7(11,12)16(13,14)15;/h5H,2-4H2,1H3,(H,13,14,15);1H3. The van der Waals surface area contributed by atoms with E-state index in [9.17, 15) is 30.4 Å². The molecule has 1 atom stereocenters. The SMILES string of the molecule is CCCCC(F)C(F)(F)C(F)(F)S(=O)(=O)O.N. The first kappa shape index (κ1) is 18.9. The highest BCUT2D eigenvalue weighted by molar-refractivity contribution is 7.87. The first-order chi connectivity index (χ1) is 6.98. The molecule has 4 nitrogen and oxygen atoms in total. The number of alkyl halides is 5. The number of halogens is 5. The highest BCUT2D eigenvalue weighted by Crippen LogP contribution is 2.43. The summed E-state index contributed by atoms with van der Waals surface area (Å²) in [7, 11) is -6.35. The molecule has 0 aliphatic rings. The number of unbranched alkanes of at least 4 members (excludes halogenated alkanes) is 1. The second kappa shape index (κ2) is 5.91. The van der Waals surface area contributed by atoms with E-state index >= 15 is 0 Å². The molecular formula is C7H14F5NO3S. The van der Waals surface area contributed by atoms with Crippen LogP contribution in [0.2, 0.25) is 0 Å². The van der Waals surface area contributed by atoms with Crippen LogP contribution in [0.15, 0.2) is 0 Å². The minimum atomic E-state index is -6.35. The summed E-state index contributed by atoms with van der Waals surface area (Å²) in [5.74, 6) is -5.45.